The van der Waals surface area contributed by atoms with Gasteiger partial charge in [0.15, 0.2) is 0 Å². The van der Waals surface area contributed by atoms with Crippen LogP contribution in [0.3, 0.4) is 0 Å². The number of nitrogens with zero attached hydrogens (tertiary/aromatic N) is 1. The highest BCUT2D eigenvalue weighted by molar-refractivity contribution is 5.96. The second-order valence-electron chi connectivity index (χ2n) is 10.3. The Hall–Kier alpha value is -2.15. The summed E-state index contributed by atoms with van der Waals surface area (Å²) in [5.74, 6) is 0.990. The van der Waals surface area contributed by atoms with Crippen LogP contribution >= 0.6 is 0 Å². The Bertz CT molecular complexity index is 942. The molecule has 0 N–H and O–H groups in total. The molecule has 1 aromatic carbocycles. The lowest BCUT2D eigenvalue weighted by Gasteiger charge is -2.47. The van der Waals surface area contributed by atoms with Gasteiger partial charge in [-0.2, -0.15) is 0 Å². The molecule has 2 fully saturated rings. The molecule has 34 heavy (non-hydrogen) atoms. The smallest absolute Gasteiger partial charge is 0.253 e. The van der Waals surface area contributed by atoms with Crippen LogP contribution in [0.5, 0.6) is 5.75 Å². The molecule has 1 spiro atoms. The molecule has 2 aliphatic carbocycles. The standard InChI is InChI=1S/C28H37NO5/c1-19(2)32-24-12-11-20(17-25(24)31-3)27(30)29-15-13-28(14-16-29)18-26(33-21-7-6-8-21)22-9-4-5-10-23(22)34-28/h4-5,9-12,17,19,21,24-26H,6-8,13-16,18H2,1-3H3. The first-order chi connectivity index (χ1) is 16.5. The van der Waals surface area contributed by atoms with Gasteiger partial charge >= 0.3 is 0 Å². The van der Waals surface area contributed by atoms with Crippen LogP contribution in [0.15, 0.2) is 48.1 Å². The van der Waals surface area contributed by atoms with E-state index >= 15 is 0 Å². The SMILES string of the molecule is COC1C=C(C(=O)N2CCC3(CC2)CC(OC2CCC2)c2ccccc2O3)C=CC1OC(C)C. The molecular weight excluding hydrogens is 430 g/mol. The average molecular weight is 468 g/mol. The molecule has 3 unspecified atom stereocenters. The van der Waals surface area contributed by atoms with Crippen molar-refractivity contribution in [2.24, 2.45) is 0 Å². The number of para-hydroxylation sites is 1. The molecule has 0 bridgehead atoms. The first kappa shape index (κ1) is 23.6. The van der Waals surface area contributed by atoms with E-state index in [1.807, 2.05) is 43.0 Å². The number of likely N-dealkylation sites (tertiary alicyclic amines) is 1. The van der Waals surface area contributed by atoms with E-state index in [-0.39, 0.29) is 35.9 Å². The van der Waals surface area contributed by atoms with Crippen molar-refractivity contribution in [3.8, 4) is 5.75 Å². The number of ether oxygens (including phenoxy) is 4. The fraction of sp³-hybridized carbons (Fsp3) is 0.607. The second-order valence-corrected chi connectivity index (χ2v) is 10.3. The molecular formula is C28H37NO5. The summed E-state index contributed by atoms with van der Waals surface area (Å²) in [6.07, 6.45) is 11.9. The van der Waals surface area contributed by atoms with Crippen LogP contribution in [0.25, 0.3) is 0 Å². The maximum Gasteiger partial charge on any atom is 0.253 e. The summed E-state index contributed by atoms with van der Waals surface area (Å²) in [5, 5.41) is 0. The molecule has 2 aliphatic heterocycles. The number of hydrogen-bond donors (Lipinski definition) is 0. The zero-order valence-electron chi connectivity index (χ0n) is 20.6. The van der Waals surface area contributed by atoms with Gasteiger partial charge in [-0.05, 0) is 45.3 Å². The largest absolute Gasteiger partial charge is 0.487 e. The number of benzene rings is 1. The van der Waals surface area contributed by atoms with Gasteiger partial charge in [0.2, 0.25) is 0 Å². The van der Waals surface area contributed by atoms with Gasteiger partial charge in [0.25, 0.3) is 5.91 Å². The Morgan fingerprint density at radius 3 is 2.59 bits per heavy atom. The Labute approximate surface area is 202 Å². The van der Waals surface area contributed by atoms with E-state index in [9.17, 15) is 4.79 Å². The Balaban J connectivity index is 1.25. The van der Waals surface area contributed by atoms with Crippen molar-refractivity contribution in [3.05, 3.63) is 53.6 Å². The number of methoxy groups -OCH3 is 1. The first-order valence-electron chi connectivity index (χ1n) is 12.8. The number of carbonyl (C=O) groups excluding carboxylic acids is 1. The summed E-state index contributed by atoms with van der Waals surface area (Å²) in [5.41, 5.74) is 1.56. The van der Waals surface area contributed by atoms with Crippen molar-refractivity contribution in [2.45, 2.75) is 88.5 Å². The minimum absolute atomic E-state index is 0.0506. The molecule has 4 aliphatic rings. The van der Waals surface area contributed by atoms with E-state index in [4.69, 9.17) is 18.9 Å². The van der Waals surface area contributed by atoms with Gasteiger partial charge in [-0.3, -0.25) is 4.79 Å². The lowest BCUT2D eigenvalue weighted by Crippen LogP contribution is -2.52. The van der Waals surface area contributed by atoms with Crippen LogP contribution in [0, 0.1) is 0 Å². The van der Waals surface area contributed by atoms with Crippen LogP contribution in [0.4, 0.5) is 0 Å². The number of carbonyl (C=O) groups is 1. The van der Waals surface area contributed by atoms with Gasteiger partial charge < -0.3 is 23.8 Å². The van der Waals surface area contributed by atoms with E-state index in [0.717, 1.165) is 37.9 Å². The fourth-order valence-corrected chi connectivity index (χ4v) is 5.45. The number of amides is 1. The highest BCUT2D eigenvalue weighted by Gasteiger charge is 2.45. The van der Waals surface area contributed by atoms with Gasteiger partial charge in [-0.1, -0.05) is 30.4 Å². The van der Waals surface area contributed by atoms with E-state index in [2.05, 4.69) is 18.2 Å². The van der Waals surface area contributed by atoms with E-state index in [1.54, 1.807) is 7.11 Å². The van der Waals surface area contributed by atoms with Gasteiger partial charge in [0, 0.05) is 50.6 Å². The topological polar surface area (TPSA) is 57.2 Å². The minimum atomic E-state index is -0.276. The van der Waals surface area contributed by atoms with Gasteiger partial charge in [-0.15, -0.1) is 0 Å². The maximum atomic E-state index is 13.3. The lowest BCUT2D eigenvalue weighted by atomic mass is 9.81. The third-order valence-electron chi connectivity index (χ3n) is 7.60. The van der Waals surface area contributed by atoms with Crippen LogP contribution in [0.2, 0.25) is 0 Å². The highest BCUT2D eigenvalue weighted by atomic mass is 16.5. The number of rotatable bonds is 6. The van der Waals surface area contributed by atoms with Crippen molar-refractivity contribution in [2.75, 3.05) is 20.2 Å². The van der Waals surface area contributed by atoms with Crippen molar-refractivity contribution >= 4 is 5.91 Å². The minimum Gasteiger partial charge on any atom is -0.487 e. The highest BCUT2D eigenvalue weighted by Crippen LogP contribution is 2.47. The summed E-state index contributed by atoms with van der Waals surface area (Å²) in [6.45, 7) is 5.35. The van der Waals surface area contributed by atoms with Crippen LogP contribution < -0.4 is 4.74 Å². The van der Waals surface area contributed by atoms with Crippen LogP contribution in [-0.2, 0) is 19.0 Å². The fourth-order valence-electron chi connectivity index (χ4n) is 5.45. The van der Waals surface area contributed by atoms with E-state index in [0.29, 0.717) is 24.8 Å². The molecule has 6 heteroatoms. The molecule has 2 heterocycles. The predicted molar refractivity (Wildman–Crippen MR) is 130 cm³/mol. The van der Waals surface area contributed by atoms with Gasteiger partial charge in [0.1, 0.15) is 23.6 Å². The average Bonchev–Trinajstić information content (AvgIpc) is 2.81. The van der Waals surface area contributed by atoms with Crippen molar-refractivity contribution in [3.63, 3.8) is 0 Å². The summed E-state index contributed by atoms with van der Waals surface area (Å²) in [7, 11) is 1.66. The van der Waals surface area contributed by atoms with Crippen molar-refractivity contribution < 1.29 is 23.7 Å². The van der Waals surface area contributed by atoms with Crippen LogP contribution in [-0.4, -0.2) is 61.0 Å². The lowest BCUT2D eigenvalue weighted by molar-refractivity contribution is -0.135. The Morgan fingerprint density at radius 1 is 1.15 bits per heavy atom. The third kappa shape index (κ3) is 4.81. The van der Waals surface area contributed by atoms with Gasteiger partial charge in [0.05, 0.1) is 18.3 Å². The molecule has 1 aromatic rings. The number of piperidine rings is 1. The van der Waals surface area contributed by atoms with Crippen molar-refractivity contribution in [1.82, 2.24) is 4.90 Å². The molecule has 6 nitrogen and oxygen atoms in total. The Morgan fingerprint density at radius 2 is 1.91 bits per heavy atom. The van der Waals surface area contributed by atoms with E-state index in [1.165, 1.54) is 12.0 Å². The van der Waals surface area contributed by atoms with Crippen LogP contribution in [0.1, 0.15) is 64.0 Å². The molecule has 5 rings (SSSR count). The quantitative estimate of drug-likeness (QED) is 0.605. The zero-order valence-corrected chi connectivity index (χ0v) is 20.6. The summed E-state index contributed by atoms with van der Waals surface area (Å²) in [6, 6.07) is 8.28. The third-order valence-corrected chi connectivity index (χ3v) is 7.60. The number of hydrogen-bond acceptors (Lipinski definition) is 5. The molecule has 1 amide bonds. The summed E-state index contributed by atoms with van der Waals surface area (Å²) >= 11 is 0. The van der Waals surface area contributed by atoms with Gasteiger partial charge in [-0.25, -0.2) is 0 Å². The monoisotopic (exact) mass is 467 g/mol. The maximum absolute atomic E-state index is 13.3. The molecule has 0 aromatic heterocycles. The number of fused-ring (bicyclic) bond motifs is 1. The normalized spacial score (nSPS) is 28.3. The zero-order chi connectivity index (χ0) is 23.7. The summed E-state index contributed by atoms with van der Waals surface area (Å²) < 4.78 is 24.6. The second kappa shape index (κ2) is 9.84. The summed E-state index contributed by atoms with van der Waals surface area (Å²) in [4.78, 5) is 15.3. The van der Waals surface area contributed by atoms with Crippen molar-refractivity contribution in [1.29, 1.82) is 0 Å². The predicted octanol–water partition coefficient (Wildman–Crippen LogP) is 4.75. The molecule has 184 valence electrons. The Kier molecular flexibility index (Phi) is 6.83. The molecule has 3 atom stereocenters. The molecule has 1 saturated heterocycles. The first-order valence-corrected chi connectivity index (χ1v) is 12.8. The molecule has 0 radical (unpaired) electrons. The van der Waals surface area contributed by atoms with E-state index < -0.39 is 0 Å². The molecule has 1 saturated carbocycles.